The molecule has 14 heavy (non-hydrogen) atoms. The van der Waals surface area contributed by atoms with Gasteiger partial charge in [0.2, 0.25) is 0 Å². The van der Waals surface area contributed by atoms with Crippen molar-refractivity contribution in [3.05, 3.63) is 29.8 Å². The number of hydrogen-bond donors (Lipinski definition) is 0. The van der Waals surface area contributed by atoms with Crippen molar-refractivity contribution in [3.63, 3.8) is 0 Å². The van der Waals surface area contributed by atoms with E-state index in [1.165, 1.54) is 0 Å². The maximum Gasteiger partial charge on any atom is 0.544 e. The molecule has 0 atom stereocenters. The van der Waals surface area contributed by atoms with E-state index in [2.05, 4.69) is 0 Å². The maximum absolute atomic E-state index is 12.3. The molecule has 0 saturated carbocycles. The Bertz CT molecular complexity index is 472. The summed E-state index contributed by atoms with van der Waals surface area (Å²) in [5, 5.41) is 0.499. The van der Waals surface area contributed by atoms with Crippen LogP contribution in [0.5, 0.6) is 0 Å². The van der Waals surface area contributed by atoms with E-state index in [1.54, 1.807) is 18.2 Å². The van der Waals surface area contributed by atoms with Crippen LogP contribution in [0.3, 0.4) is 0 Å². The topological polar surface area (TPSA) is 13.1 Å². The van der Waals surface area contributed by atoms with Gasteiger partial charge in [0.1, 0.15) is 5.58 Å². The number of rotatable bonds is 1. The summed E-state index contributed by atoms with van der Waals surface area (Å²) in [7, 11) is 0. The molecule has 0 aliphatic heterocycles. The minimum absolute atomic E-state index is 0.282. The lowest BCUT2D eigenvalue weighted by atomic mass is 9.87. The lowest BCUT2D eigenvalue weighted by Gasteiger charge is -2.08. The van der Waals surface area contributed by atoms with Gasteiger partial charge in [0.15, 0.2) is 0 Å². The highest BCUT2D eigenvalue weighted by atomic mass is 19.4. The quantitative estimate of drug-likeness (QED) is 0.643. The van der Waals surface area contributed by atoms with Crippen LogP contribution < -0.4 is 5.66 Å². The van der Waals surface area contributed by atoms with Gasteiger partial charge in [-0.05, 0) is 25.1 Å². The van der Waals surface area contributed by atoms with E-state index >= 15 is 0 Å². The van der Waals surface area contributed by atoms with Crippen molar-refractivity contribution in [3.8, 4) is 0 Å². The Balaban J connectivity index is 2.63. The smallest absolute Gasteiger partial charge is 0.493 e. The zero-order valence-electron chi connectivity index (χ0n) is 7.43. The van der Waals surface area contributed by atoms with Gasteiger partial charge in [-0.2, -0.15) is 0 Å². The van der Waals surface area contributed by atoms with Gasteiger partial charge in [-0.15, -0.1) is 0 Å². The van der Waals surface area contributed by atoms with E-state index in [9.17, 15) is 12.9 Å². The SMILES string of the molecule is Cc1ccc2oc([B-](F)(F)F)cc2c1. The Morgan fingerprint density at radius 1 is 1.14 bits per heavy atom. The summed E-state index contributed by atoms with van der Waals surface area (Å²) in [4.78, 5) is 0. The van der Waals surface area contributed by atoms with Crippen LogP contribution in [0, 0.1) is 6.92 Å². The Labute approximate surface area is 78.6 Å². The molecular weight excluding hydrogens is 192 g/mol. The van der Waals surface area contributed by atoms with Gasteiger partial charge in [0, 0.05) is 11.0 Å². The van der Waals surface area contributed by atoms with E-state index in [4.69, 9.17) is 4.42 Å². The first kappa shape index (κ1) is 9.18. The molecule has 0 amide bonds. The molecule has 0 aliphatic carbocycles. The first-order valence-corrected chi connectivity index (χ1v) is 4.17. The van der Waals surface area contributed by atoms with Gasteiger partial charge < -0.3 is 17.4 Å². The fourth-order valence-corrected chi connectivity index (χ4v) is 1.34. The molecule has 0 fully saturated rings. The molecule has 1 aromatic carbocycles. The van der Waals surface area contributed by atoms with Crippen molar-refractivity contribution in [2.24, 2.45) is 0 Å². The van der Waals surface area contributed by atoms with Gasteiger partial charge in [0.05, 0.1) is 0 Å². The standard InChI is InChI=1S/C9H7BF3O/c1-6-2-3-8-7(4-6)5-9(14-8)10(11,12)13/h2-5H,1H3/q-1. The summed E-state index contributed by atoms with van der Waals surface area (Å²) in [5.74, 6) is 0. The molecule has 0 saturated heterocycles. The average molecular weight is 199 g/mol. The van der Waals surface area contributed by atoms with Crippen molar-refractivity contribution in [2.45, 2.75) is 6.92 Å². The second kappa shape index (κ2) is 2.80. The van der Waals surface area contributed by atoms with Crippen LogP contribution in [0.1, 0.15) is 5.56 Å². The van der Waals surface area contributed by atoms with Crippen molar-refractivity contribution < 1.29 is 17.4 Å². The Kier molecular flexibility index (Phi) is 1.84. The predicted octanol–water partition coefficient (Wildman–Crippen LogP) is 2.80. The fraction of sp³-hybridized carbons (Fsp3) is 0.111. The number of benzene rings is 1. The molecule has 0 spiro atoms. The fourth-order valence-electron chi connectivity index (χ4n) is 1.34. The van der Waals surface area contributed by atoms with Gasteiger partial charge in [0.25, 0.3) is 0 Å². The summed E-state index contributed by atoms with van der Waals surface area (Å²) >= 11 is 0. The first-order valence-electron chi connectivity index (χ1n) is 4.17. The van der Waals surface area contributed by atoms with E-state index in [1.807, 2.05) is 6.92 Å². The third-order valence-corrected chi connectivity index (χ3v) is 2.01. The number of fused-ring (bicyclic) bond motifs is 1. The van der Waals surface area contributed by atoms with E-state index in [-0.39, 0.29) is 5.58 Å². The van der Waals surface area contributed by atoms with Crippen LogP contribution in [0.15, 0.2) is 28.7 Å². The maximum atomic E-state index is 12.3. The van der Waals surface area contributed by atoms with Gasteiger partial charge in [-0.3, -0.25) is 0 Å². The zero-order chi connectivity index (χ0) is 10.3. The second-order valence-corrected chi connectivity index (χ2v) is 3.26. The Hall–Kier alpha value is -1.39. The van der Waals surface area contributed by atoms with Crippen LogP contribution >= 0.6 is 0 Å². The van der Waals surface area contributed by atoms with Gasteiger partial charge in [-0.1, -0.05) is 11.6 Å². The second-order valence-electron chi connectivity index (χ2n) is 3.26. The van der Waals surface area contributed by atoms with Crippen LogP contribution in [-0.2, 0) is 0 Å². The Morgan fingerprint density at radius 2 is 1.86 bits per heavy atom. The highest BCUT2D eigenvalue weighted by Gasteiger charge is 2.30. The minimum atomic E-state index is -5.04. The van der Waals surface area contributed by atoms with Gasteiger partial charge >= 0.3 is 6.98 Å². The highest BCUT2D eigenvalue weighted by Crippen LogP contribution is 2.19. The van der Waals surface area contributed by atoms with Crippen LogP contribution in [0.4, 0.5) is 12.9 Å². The molecule has 0 aliphatic rings. The highest BCUT2D eigenvalue weighted by molar-refractivity contribution is 6.72. The molecule has 0 N–H and O–H groups in total. The summed E-state index contributed by atoms with van der Waals surface area (Å²) in [6, 6.07) is 5.99. The first-order chi connectivity index (χ1) is 6.47. The number of hydrogen-bond acceptors (Lipinski definition) is 1. The van der Waals surface area contributed by atoms with E-state index < -0.39 is 12.6 Å². The van der Waals surface area contributed by atoms with Crippen molar-refractivity contribution >= 4 is 23.6 Å². The van der Waals surface area contributed by atoms with Crippen LogP contribution in [0.25, 0.3) is 11.0 Å². The number of halogens is 3. The van der Waals surface area contributed by atoms with Gasteiger partial charge in [-0.25, -0.2) is 0 Å². The zero-order valence-corrected chi connectivity index (χ0v) is 7.43. The summed E-state index contributed by atoms with van der Waals surface area (Å²) < 4.78 is 41.6. The molecule has 1 nitrogen and oxygen atoms in total. The molecule has 5 heteroatoms. The predicted molar refractivity (Wildman–Crippen MR) is 49.7 cm³/mol. The lowest BCUT2D eigenvalue weighted by molar-refractivity contribution is 0.473. The summed E-state index contributed by atoms with van der Waals surface area (Å²) in [6.45, 7) is -3.21. The molecule has 74 valence electrons. The summed E-state index contributed by atoms with van der Waals surface area (Å²) in [5.41, 5.74) is 0.315. The summed E-state index contributed by atoms with van der Waals surface area (Å²) in [6.07, 6.45) is 0. The molecule has 0 unspecified atom stereocenters. The van der Waals surface area contributed by atoms with Crippen molar-refractivity contribution in [2.75, 3.05) is 0 Å². The lowest BCUT2D eigenvalue weighted by Crippen LogP contribution is -2.32. The molecule has 0 radical (unpaired) electrons. The van der Waals surface area contributed by atoms with Crippen LogP contribution in [-0.4, -0.2) is 6.98 Å². The molecule has 1 aromatic heterocycles. The number of aryl methyl sites for hydroxylation is 1. The van der Waals surface area contributed by atoms with E-state index in [0.29, 0.717) is 5.39 Å². The normalized spacial score (nSPS) is 12.3. The van der Waals surface area contributed by atoms with Crippen molar-refractivity contribution in [1.82, 2.24) is 0 Å². The minimum Gasteiger partial charge on any atom is -0.493 e. The number of furan rings is 1. The molecule has 0 bridgehead atoms. The third-order valence-electron chi connectivity index (χ3n) is 2.01. The largest absolute Gasteiger partial charge is 0.544 e. The average Bonchev–Trinajstić information content (AvgIpc) is 2.45. The monoisotopic (exact) mass is 199 g/mol. The molecule has 1 heterocycles. The molecule has 2 aromatic rings. The van der Waals surface area contributed by atoms with Crippen LogP contribution in [0.2, 0.25) is 0 Å². The van der Waals surface area contributed by atoms with E-state index in [0.717, 1.165) is 11.6 Å². The molecular formula is C9H7BF3O-. The Morgan fingerprint density at radius 3 is 2.50 bits per heavy atom. The molecule has 2 rings (SSSR count). The van der Waals surface area contributed by atoms with Crippen molar-refractivity contribution in [1.29, 1.82) is 0 Å². The third kappa shape index (κ3) is 1.50.